The van der Waals surface area contributed by atoms with Crippen molar-refractivity contribution in [3.63, 3.8) is 0 Å². The second kappa shape index (κ2) is 14.4. The Balaban J connectivity index is 1.44. The van der Waals surface area contributed by atoms with E-state index in [0.717, 1.165) is 40.2 Å². The highest BCUT2D eigenvalue weighted by molar-refractivity contribution is 6.74. The summed E-state index contributed by atoms with van der Waals surface area (Å²) in [4.78, 5) is 15.3. The van der Waals surface area contributed by atoms with E-state index in [1.54, 1.807) is 12.1 Å². The van der Waals surface area contributed by atoms with E-state index in [1.807, 2.05) is 36.1 Å². The fourth-order valence-electron chi connectivity index (χ4n) is 5.87. The zero-order chi connectivity index (χ0) is 34.7. The summed E-state index contributed by atoms with van der Waals surface area (Å²) in [6, 6.07) is 26.3. The normalized spacial score (nSPS) is 15.9. The lowest BCUT2D eigenvalue weighted by Gasteiger charge is -2.40. The number of nitrogens with zero attached hydrogens (tertiary/aromatic N) is 3. The number of carbonyl (C=O) groups excluding carboxylic acids is 1. The molecular weight excluding hydrogens is 634 g/mol. The van der Waals surface area contributed by atoms with Crippen LogP contribution in [0.2, 0.25) is 23.2 Å². The van der Waals surface area contributed by atoms with Gasteiger partial charge in [0, 0.05) is 34.7 Å². The van der Waals surface area contributed by atoms with Crippen molar-refractivity contribution in [2.75, 3.05) is 19.7 Å². The monoisotopic (exact) mass is 683 g/mol. The van der Waals surface area contributed by atoms with Crippen LogP contribution in [0.4, 0.5) is 0 Å². The maximum atomic E-state index is 13.3. The highest BCUT2D eigenvalue weighted by Crippen LogP contribution is 2.38. The predicted molar refractivity (Wildman–Crippen MR) is 200 cm³/mol. The molecule has 6 nitrogen and oxygen atoms in total. The summed E-state index contributed by atoms with van der Waals surface area (Å²) in [5, 5.41) is 5.87. The van der Waals surface area contributed by atoms with Gasteiger partial charge in [0.05, 0.1) is 31.1 Å². The molecule has 0 saturated carbocycles. The molecule has 254 valence electrons. The summed E-state index contributed by atoms with van der Waals surface area (Å²) in [6.45, 7) is 20.9. The number of amides is 1. The van der Waals surface area contributed by atoms with Crippen LogP contribution in [0.1, 0.15) is 75.1 Å². The largest absolute Gasteiger partial charge is 0.494 e. The first-order valence-electron chi connectivity index (χ1n) is 16.9. The van der Waals surface area contributed by atoms with Crippen molar-refractivity contribution in [3.8, 4) is 17.0 Å². The summed E-state index contributed by atoms with van der Waals surface area (Å²) in [5.74, 6) is 0.883. The van der Waals surface area contributed by atoms with Crippen LogP contribution < -0.4 is 4.74 Å². The zero-order valence-electron chi connectivity index (χ0n) is 29.8. The number of hydrogen-bond donors (Lipinski definition) is 0. The van der Waals surface area contributed by atoms with Crippen LogP contribution in [-0.2, 0) is 17.6 Å². The molecule has 0 aliphatic carbocycles. The molecular formula is C40H50ClN3O3Si. The van der Waals surface area contributed by atoms with E-state index in [2.05, 4.69) is 101 Å². The minimum absolute atomic E-state index is 0.0176. The number of halogens is 1. The van der Waals surface area contributed by atoms with E-state index in [0.29, 0.717) is 43.4 Å². The maximum absolute atomic E-state index is 13.3. The summed E-state index contributed by atoms with van der Waals surface area (Å²) in [5.41, 5.74) is 7.07. The molecule has 0 N–H and O–H groups in total. The standard InChI is InChI=1S/C40H50ClN3O3Si/c1-9-46-36-18-16-29(17-19-36)26-44-37(31-13-10-12-30(22-31)27-47-48(7,8)39(2,3)4)25-35(42-44)24-33-20-21-43(28-40(33,5)6)38(45)32-14-11-15-34(41)23-32/h10-19,22-25H,9,20-21,26-28H2,1-8H3/b33-24+. The first-order chi connectivity index (χ1) is 22.6. The Bertz CT molecular complexity index is 1770. The van der Waals surface area contributed by atoms with Crippen molar-refractivity contribution in [1.29, 1.82) is 0 Å². The molecule has 8 heteroatoms. The third-order valence-corrected chi connectivity index (χ3v) is 14.5. The van der Waals surface area contributed by atoms with Crippen LogP contribution in [0.25, 0.3) is 17.3 Å². The molecule has 48 heavy (non-hydrogen) atoms. The lowest BCUT2D eigenvalue weighted by molar-refractivity contribution is 0.0664. The molecule has 1 fully saturated rings. The Morgan fingerprint density at radius 3 is 2.40 bits per heavy atom. The van der Waals surface area contributed by atoms with Crippen LogP contribution in [0, 0.1) is 5.41 Å². The first-order valence-corrected chi connectivity index (χ1v) is 20.2. The molecule has 1 aliphatic rings. The van der Waals surface area contributed by atoms with E-state index in [9.17, 15) is 4.79 Å². The molecule has 0 bridgehead atoms. The van der Waals surface area contributed by atoms with Gasteiger partial charge in [0.2, 0.25) is 0 Å². The third kappa shape index (κ3) is 8.49. The molecule has 4 aromatic rings. The number of carbonyl (C=O) groups is 1. The van der Waals surface area contributed by atoms with Crippen molar-refractivity contribution in [2.24, 2.45) is 5.41 Å². The number of piperidine rings is 1. The molecule has 1 saturated heterocycles. The molecule has 1 aliphatic heterocycles. The Labute approximate surface area is 292 Å². The van der Waals surface area contributed by atoms with Crippen LogP contribution in [0.3, 0.4) is 0 Å². The zero-order valence-corrected chi connectivity index (χ0v) is 31.5. The van der Waals surface area contributed by atoms with Crippen molar-refractivity contribution in [2.45, 2.75) is 79.2 Å². The van der Waals surface area contributed by atoms with Crippen LogP contribution in [0.15, 0.2) is 84.4 Å². The highest BCUT2D eigenvalue weighted by atomic mass is 35.5. The van der Waals surface area contributed by atoms with Gasteiger partial charge in [-0.3, -0.25) is 9.48 Å². The average Bonchev–Trinajstić information content (AvgIpc) is 3.43. The van der Waals surface area contributed by atoms with Gasteiger partial charge in [-0.05, 0) is 91.1 Å². The van der Waals surface area contributed by atoms with Crippen molar-refractivity contribution < 1.29 is 14.0 Å². The smallest absolute Gasteiger partial charge is 0.253 e. The van der Waals surface area contributed by atoms with Gasteiger partial charge < -0.3 is 14.1 Å². The molecule has 5 rings (SSSR count). The van der Waals surface area contributed by atoms with E-state index >= 15 is 0 Å². The summed E-state index contributed by atoms with van der Waals surface area (Å²) in [7, 11) is -1.89. The Kier molecular flexibility index (Phi) is 10.7. The number of likely N-dealkylation sites (tertiary alicyclic amines) is 1. The first kappa shape index (κ1) is 35.6. The highest BCUT2D eigenvalue weighted by Gasteiger charge is 2.37. The summed E-state index contributed by atoms with van der Waals surface area (Å²) < 4.78 is 14.4. The van der Waals surface area contributed by atoms with Crippen LogP contribution >= 0.6 is 11.6 Å². The van der Waals surface area contributed by atoms with E-state index < -0.39 is 8.32 Å². The molecule has 2 heterocycles. The Morgan fingerprint density at radius 1 is 1.00 bits per heavy atom. The van der Waals surface area contributed by atoms with Gasteiger partial charge in [-0.1, -0.05) is 88.2 Å². The van der Waals surface area contributed by atoms with Gasteiger partial charge in [0.25, 0.3) is 5.91 Å². The topological polar surface area (TPSA) is 56.6 Å². The molecule has 0 unspecified atom stereocenters. The molecule has 3 aromatic carbocycles. The minimum Gasteiger partial charge on any atom is -0.494 e. The summed E-state index contributed by atoms with van der Waals surface area (Å²) >= 11 is 6.19. The molecule has 1 aromatic heterocycles. The fraction of sp³-hybridized carbons (Fsp3) is 0.400. The summed E-state index contributed by atoms with van der Waals surface area (Å²) in [6.07, 6.45) is 3.00. The van der Waals surface area contributed by atoms with Crippen molar-refractivity contribution in [1.82, 2.24) is 14.7 Å². The minimum atomic E-state index is -1.89. The lowest BCUT2D eigenvalue weighted by atomic mass is 9.78. The van der Waals surface area contributed by atoms with Gasteiger partial charge in [0.15, 0.2) is 8.32 Å². The predicted octanol–water partition coefficient (Wildman–Crippen LogP) is 10.1. The lowest BCUT2D eigenvalue weighted by Crippen LogP contribution is -2.44. The second-order valence-electron chi connectivity index (χ2n) is 15.0. The Morgan fingerprint density at radius 2 is 1.73 bits per heavy atom. The van der Waals surface area contributed by atoms with Crippen LogP contribution in [-0.4, -0.2) is 48.6 Å². The van der Waals surface area contributed by atoms with Crippen LogP contribution in [0.5, 0.6) is 5.75 Å². The number of ether oxygens (including phenoxy) is 1. The Hall–Kier alpha value is -3.65. The van der Waals surface area contributed by atoms with Crippen molar-refractivity contribution in [3.05, 3.63) is 112 Å². The van der Waals surface area contributed by atoms with E-state index in [1.165, 1.54) is 5.57 Å². The van der Waals surface area contributed by atoms with E-state index in [-0.39, 0.29) is 16.4 Å². The van der Waals surface area contributed by atoms with Gasteiger partial charge in [0.1, 0.15) is 5.75 Å². The fourth-order valence-corrected chi connectivity index (χ4v) is 7.02. The average molecular weight is 684 g/mol. The quantitative estimate of drug-likeness (QED) is 0.156. The number of hydrogen-bond acceptors (Lipinski definition) is 4. The maximum Gasteiger partial charge on any atom is 0.253 e. The number of benzene rings is 3. The van der Waals surface area contributed by atoms with Crippen molar-refractivity contribution >= 4 is 31.9 Å². The van der Waals surface area contributed by atoms with Gasteiger partial charge in [-0.2, -0.15) is 5.10 Å². The van der Waals surface area contributed by atoms with E-state index in [4.69, 9.17) is 25.9 Å². The van der Waals surface area contributed by atoms with Gasteiger partial charge in [-0.25, -0.2) is 0 Å². The molecule has 0 spiro atoms. The molecule has 0 radical (unpaired) electrons. The van der Waals surface area contributed by atoms with Gasteiger partial charge >= 0.3 is 0 Å². The number of rotatable bonds is 10. The van der Waals surface area contributed by atoms with Gasteiger partial charge in [-0.15, -0.1) is 0 Å². The number of aromatic nitrogens is 2. The second-order valence-corrected chi connectivity index (χ2v) is 20.2. The third-order valence-electron chi connectivity index (χ3n) is 9.78. The molecule has 1 amide bonds. The SMILES string of the molecule is CCOc1ccc(Cn2nc(/C=C3\CCN(C(=O)c4cccc(Cl)c4)CC3(C)C)cc2-c2cccc(CO[Si](C)(C)C(C)(C)C)c2)cc1. The molecule has 0 atom stereocenters.